The molecule has 2 fully saturated rings. The number of unbranched alkanes of at least 4 members (excludes halogenated alkanes) is 2. The SMILES string of the molecule is C=C1CCC2(CCN(CCCCC)C2)C(=O)N1. The van der Waals surface area contributed by atoms with E-state index in [4.69, 9.17) is 0 Å². The summed E-state index contributed by atoms with van der Waals surface area (Å²) in [6, 6.07) is 0. The van der Waals surface area contributed by atoms with Gasteiger partial charge in [-0.25, -0.2) is 0 Å². The van der Waals surface area contributed by atoms with Gasteiger partial charge >= 0.3 is 0 Å². The second-order valence-corrected chi connectivity index (χ2v) is 5.57. The first-order chi connectivity index (χ1) is 8.16. The number of hydrogen-bond donors (Lipinski definition) is 1. The predicted octanol–water partition coefficient (Wildman–Crippen LogP) is 2.29. The molecule has 2 heterocycles. The molecule has 1 unspecified atom stereocenters. The molecule has 2 aliphatic rings. The Kier molecular flexibility index (Phi) is 3.87. The van der Waals surface area contributed by atoms with Gasteiger partial charge in [-0.2, -0.15) is 0 Å². The van der Waals surface area contributed by atoms with Gasteiger partial charge in [0.1, 0.15) is 0 Å². The molecule has 1 spiro atoms. The summed E-state index contributed by atoms with van der Waals surface area (Å²) in [5, 5.41) is 2.94. The zero-order valence-electron chi connectivity index (χ0n) is 10.9. The number of amides is 1. The molecular formula is C14H24N2O. The highest BCUT2D eigenvalue weighted by Crippen LogP contribution is 2.39. The Bertz CT molecular complexity index is 313. The molecule has 2 saturated heterocycles. The van der Waals surface area contributed by atoms with Gasteiger partial charge < -0.3 is 10.2 Å². The second kappa shape index (κ2) is 5.21. The van der Waals surface area contributed by atoms with E-state index in [1.54, 1.807) is 0 Å². The third-order valence-corrected chi connectivity index (χ3v) is 4.19. The van der Waals surface area contributed by atoms with Crippen molar-refractivity contribution in [1.29, 1.82) is 0 Å². The summed E-state index contributed by atoms with van der Waals surface area (Å²) in [5.41, 5.74) is 0.790. The summed E-state index contributed by atoms with van der Waals surface area (Å²) < 4.78 is 0. The normalized spacial score (nSPS) is 29.9. The first-order valence-corrected chi connectivity index (χ1v) is 6.88. The average molecular weight is 236 g/mol. The number of nitrogens with one attached hydrogen (secondary N) is 1. The summed E-state index contributed by atoms with van der Waals surface area (Å²) in [4.78, 5) is 14.6. The summed E-state index contributed by atoms with van der Waals surface area (Å²) in [6.07, 6.45) is 6.79. The van der Waals surface area contributed by atoms with Crippen LogP contribution in [-0.2, 0) is 4.79 Å². The lowest BCUT2D eigenvalue weighted by Gasteiger charge is -2.33. The van der Waals surface area contributed by atoms with Crippen molar-refractivity contribution in [2.45, 2.75) is 45.4 Å². The molecule has 3 heteroatoms. The molecule has 0 radical (unpaired) electrons. The van der Waals surface area contributed by atoms with E-state index in [9.17, 15) is 4.79 Å². The number of hydrogen-bond acceptors (Lipinski definition) is 2. The van der Waals surface area contributed by atoms with Crippen molar-refractivity contribution >= 4 is 5.91 Å². The van der Waals surface area contributed by atoms with Crippen LogP contribution in [0.4, 0.5) is 0 Å². The van der Waals surface area contributed by atoms with Crippen LogP contribution >= 0.6 is 0 Å². The number of allylic oxidation sites excluding steroid dienone is 1. The van der Waals surface area contributed by atoms with Gasteiger partial charge in [-0.15, -0.1) is 0 Å². The fourth-order valence-corrected chi connectivity index (χ4v) is 2.98. The van der Waals surface area contributed by atoms with Crippen LogP contribution in [-0.4, -0.2) is 30.4 Å². The number of carbonyl (C=O) groups is 1. The van der Waals surface area contributed by atoms with Crippen molar-refractivity contribution in [3.05, 3.63) is 12.3 Å². The molecule has 17 heavy (non-hydrogen) atoms. The average Bonchev–Trinajstić information content (AvgIpc) is 2.70. The molecule has 0 aliphatic carbocycles. The molecular weight excluding hydrogens is 212 g/mol. The summed E-state index contributed by atoms with van der Waals surface area (Å²) >= 11 is 0. The molecule has 1 atom stereocenters. The van der Waals surface area contributed by atoms with Crippen LogP contribution in [0, 0.1) is 5.41 Å². The largest absolute Gasteiger partial charge is 0.330 e. The lowest BCUT2D eigenvalue weighted by Crippen LogP contribution is -2.46. The Hall–Kier alpha value is -0.830. The van der Waals surface area contributed by atoms with Gasteiger partial charge in [-0.1, -0.05) is 26.3 Å². The van der Waals surface area contributed by atoms with E-state index in [2.05, 4.69) is 23.7 Å². The van der Waals surface area contributed by atoms with Crippen LogP contribution in [0.15, 0.2) is 12.3 Å². The van der Waals surface area contributed by atoms with E-state index < -0.39 is 0 Å². The van der Waals surface area contributed by atoms with E-state index in [1.165, 1.54) is 19.3 Å². The monoisotopic (exact) mass is 236 g/mol. The first kappa shape index (κ1) is 12.6. The fraction of sp³-hybridized carbons (Fsp3) is 0.786. The molecule has 0 aromatic carbocycles. The lowest BCUT2D eigenvalue weighted by molar-refractivity contribution is -0.131. The third-order valence-electron chi connectivity index (χ3n) is 4.19. The molecule has 1 amide bonds. The van der Waals surface area contributed by atoms with Crippen LogP contribution in [0.5, 0.6) is 0 Å². The Labute approximate surface area is 104 Å². The van der Waals surface area contributed by atoms with Crippen molar-refractivity contribution in [2.24, 2.45) is 5.41 Å². The van der Waals surface area contributed by atoms with Gasteiger partial charge in [-0.05, 0) is 38.8 Å². The highest BCUT2D eigenvalue weighted by atomic mass is 16.2. The number of nitrogens with zero attached hydrogens (tertiary/aromatic N) is 1. The van der Waals surface area contributed by atoms with Crippen molar-refractivity contribution in [1.82, 2.24) is 10.2 Å². The van der Waals surface area contributed by atoms with E-state index in [-0.39, 0.29) is 11.3 Å². The van der Waals surface area contributed by atoms with E-state index in [0.717, 1.165) is 44.6 Å². The van der Waals surface area contributed by atoms with Gasteiger partial charge in [0, 0.05) is 12.2 Å². The van der Waals surface area contributed by atoms with Crippen molar-refractivity contribution in [3.63, 3.8) is 0 Å². The topological polar surface area (TPSA) is 32.3 Å². The van der Waals surface area contributed by atoms with Gasteiger partial charge in [0.25, 0.3) is 0 Å². The second-order valence-electron chi connectivity index (χ2n) is 5.57. The molecule has 1 N–H and O–H groups in total. The molecule has 2 aliphatic heterocycles. The summed E-state index contributed by atoms with van der Waals surface area (Å²) in [6.45, 7) is 9.28. The number of rotatable bonds is 4. The van der Waals surface area contributed by atoms with Crippen LogP contribution < -0.4 is 5.32 Å². The molecule has 0 aromatic rings. The van der Waals surface area contributed by atoms with E-state index in [0.29, 0.717) is 0 Å². The van der Waals surface area contributed by atoms with Crippen LogP contribution in [0.1, 0.15) is 45.4 Å². The minimum absolute atomic E-state index is 0.104. The Morgan fingerprint density at radius 3 is 2.94 bits per heavy atom. The van der Waals surface area contributed by atoms with Crippen LogP contribution in [0.2, 0.25) is 0 Å². The minimum Gasteiger partial charge on any atom is -0.330 e. The van der Waals surface area contributed by atoms with Crippen molar-refractivity contribution < 1.29 is 4.79 Å². The standard InChI is InChI=1S/C14H24N2O/c1-3-4-5-9-16-10-8-14(11-16)7-6-12(2)15-13(14)17/h2-11H2,1H3,(H,15,17). The van der Waals surface area contributed by atoms with E-state index >= 15 is 0 Å². The minimum atomic E-state index is -0.104. The Balaban J connectivity index is 1.87. The van der Waals surface area contributed by atoms with Gasteiger partial charge in [-0.3, -0.25) is 4.79 Å². The zero-order chi connectivity index (χ0) is 12.3. The summed E-state index contributed by atoms with van der Waals surface area (Å²) in [7, 11) is 0. The fourth-order valence-electron chi connectivity index (χ4n) is 2.98. The van der Waals surface area contributed by atoms with Gasteiger partial charge in [0.05, 0.1) is 5.41 Å². The van der Waals surface area contributed by atoms with Gasteiger partial charge in [0.15, 0.2) is 0 Å². The quantitative estimate of drug-likeness (QED) is 0.760. The van der Waals surface area contributed by atoms with Crippen molar-refractivity contribution in [2.75, 3.05) is 19.6 Å². The first-order valence-electron chi connectivity index (χ1n) is 6.88. The maximum atomic E-state index is 12.1. The number of piperidine rings is 1. The molecule has 3 nitrogen and oxygen atoms in total. The maximum Gasteiger partial charge on any atom is 0.231 e. The summed E-state index contributed by atoms with van der Waals surface area (Å²) in [5.74, 6) is 0.215. The molecule has 0 bridgehead atoms. The zero-order valence-corrected chi connectivity index (χ0v) is 10.9. The van der Waals surface area contributed by atoms with Crippen LogP contribution in [0.25, 0.3) is 0 Å². The maximum absolute atomic E-state index is 12.1. The highest BCUT2D eigenvalue weighted by Gasteiger charge is 2.45. The predicted molar refractivity (Wildman–Crippen MR) is 69.5 cm³/mol. The Morgan fingerprint density at radius 2 is 2.24 bits per heavy atom. The lowest BCUT2D eigenvalue weighted by atomic mass is 9.78. The van der Waals surface area contributed by atoms with Crippen LogP contribution in [0.3, 0.4) is 0 Å². The Morgan fingerprint density at radius 1 is 1.41 bits per heavy atom. The molecule has 2 rings (SSSR count). The highest BCUT2D eigenvalue weighted by molar-refractivity contribution is 5.85. The molecule has 96 valence electrons. The van der Waals surface area contributed by atoms with Crippen molar-refractivity contribution in [3.8, 4) is 0 Å². The molecule has 0 aromatic heterocycles. The van der Waals surface area contributed by atoms with Gasteiger partial charge in [0.2, 0.25) is 5.91 Å². The van der Waals surface area contributed by atoms with E-state index in [1.807, 2.05) is 0 Å². The molecule has 0 saturated carbocycles. The number of carbonyl (C=O) groups excluding carboxylic acids is 1. The smallest absolute Gasteiger partial charge is 0.231 e. The number of likely N-dealkylation sites (tertiary alicyclic amines) is 1. The third kappa shape index (κ3) is 2.71.